The lowest BCUT2D eigenvalue weighted by atomic mass is 9.95. The minimum absolute atomic E-state index is 0.000350. The molecule has 2 fully saturated rings. The smallest absolute Gasteiger partial charge is 0.245 e. The molecule has 8 heteroatoms. The van der Waals surface area contributed by atoms with Gasteiger partial charge in [-0.1, -0.05) is 0 Å². The van der Waals surface area contributed by atoms with E-state index in [1.54, 1.807) is 12.5 Å². The summed E-state index contributed by atoms with van der Waals surface area (Å²) in [4.78, 5) is 35.8. The predicted molar refractivity (Wildman–Crippen MR) is 96.5 cm³/mol. The number of piperidine rings is 1. The Labute approximate surface area is 154 Å². The molecule has 2 aliphatic rings. The number of rotatable bonds is 6. The molecule has 1 atom stereocenters. The van der Waals surface area contributed by atoms with Gasteiger partial charge in [-0.05, 0) is 18.8 Å². The van der Waals surface area contributed by atoms with E-state index in [1.807, 2.05) is 4.90 Å². The summed E-state index contributed by atoms with van der Waals surface area (Å²) in [6.45, 7) is 7.71. The van der Waals surface area contributed by atoms with E-state index in [2.05, 4.69) is 20.2 Å². The fourth-order valence-electron chi connectivity index (χ4n) is 3.77. The Morgan fingerprint density at radius 1 is 1.31 bits per heavy atom. The van der Waals surface area contributed by atoms with E-state index in [0.717, 1.165) is 64.5 Å². The van der Waals surface area contributed by atoms with E-state index in [-0.39, 0.29) is 11.8 Å². The number of nitrogens with zero attached hydrogens (tertiary/aromatic N) is 3. The van der Waals surface area contributed by atoms with Crippen molar-refractivity contribution in [2.75, 3.05) is 45.9 Å². The molecule has 8 nitrogen and oxygen atoms in total. The van der Waals surface area contributed by atoms with Gasteiger partial charge in [-0.3, -0.25) is 14.5 Å². The van der Waals surface area contributed by atoms with E-state index < -0.39 is 6.04 Å². The van der Waals surface area contributed by atoms with E-state index >= 15 is 0 Å². The van der Waals surface area contributed by atoms with Gasteiger partial charge in [0.25, 0.3) is 0 Å². The van der Waals surface area contributed by atoms with Gasteiger partial charge in [0, 0.05) is 58.0 Å². The molecule has 0 radical (unpaired) electrons. The van der Waals surface area contributed by atoms with Crippen LogP contribution in [0.4, 0.5) is 0 Å². The maximum absolute atomic E-state index is 12.9. The Morgan fingerprint density at radius 3 is 2.65 bits per heavy atom. The zero-order valence-electron chi connectivity index (χ0n) is 15.4. The van der Waals surface area contributed by atoms with Gasteiger partial charge in [0.1, 0.15) is 6.04 Å². The van der Waals surface area contributed by atoms with Gasteiger partial charge in [0.15, 0.2) is 0 Å². The number of nitrogens with one attached hydrogen (secondary N) is 2. The lowest BCUT2D eigenvalue weighted by Crippen LogP contribution is -2.52. The molecule has 26 heavy (non-hydrogen) atoms. The van der Waals surface area contributed by atoms with Crippen LogP contribution < -0.4 is 5.32 Å². The second-order valence-electron chi connectivity index (χ2n) is 7.22. The molecule has 1 aromatic rings. The summed E-state index contributed by atoms with van der Waals surface area (Å²) in [5.41, 5.74) is 0.847. The van der Waals surface area contributed by atoms with Crippen molar-refractivity contribution < 1.29 is 14.3 Å². The van der Waals surface area contributed by atoms with Gasteiger partial charge in [-0.2, -0.15) is 0 Å². The highest BCUT2D eigenvalue weighted by Crippen LogP contribution is 2.20. The highest BCUT2D eigenvalue weighted by atomic mass is 16.5. The number of hydrogen-bond acceptors (Lipinski definition) is 5. The predicted octanol–water partition coefficient (Wildman–Crippen LogP) is 0.0277. The average Bonchev–Trinajstić information content (AvgIpc) is 3.15. The Morgan fingerprint density at radius 2 is 2.04 bits per heavy atom. The summed E-state index contributed by atoms with van der Waals surface area (Å²) in [6.07, 6.45) is 5.74. The number of hydrogen-bond donors (Lipinski definition) is 2. The topological polar surface area (TPSA) is 90.6 Å². The number of amides is 2. The number of carbonyl (C=O) groups excluding carboxylic acids is 2. The molecule has 2 amide bonds. The first-order valence-electron chi connectivity index (χ1n) is 9.45. The number of H-pyrrole nitrogens is 1. The van der Waals surface area contributed by atoms with E-state index in [4.69, 9.17) is 4.74 Å². The summed E-state index contributed by atoms with van der Waals surface area (Å²) in [5, 5.41) is 2.79. The van der Waals surface area contributed by atoms with Crippen LogP contribution in [0, 0.1) is 5.92 Å². The Balaban J connectivity index is 1.50. The molecule has 3 rings (SSSR count). The number of carbonyl (C=O) groups is 2. The summed E-state index contributed by atoms with van der Waals surface area (Å²) in [5.74, 6) is 0.439. The molecular formula is C18H29N5O3. The number of aromatic amines is 1. The largest absolute Gasteiger partial charge is 0.379 e. The minimum atomic E-state index is -0.538. The lowest BCUT2D eigenvalue weighted by Gasteiger charge is -2.37. The molecule has 0 unspecified atom stereocenters. The summed E-state index contributed by atoms with van der Waals surface area (Å²) in [6, 6.07) is -0.538. The van der Waals surface area contributed by atoms with Crippen LogP contribution in [0.2, 0.25) is 0 Å². The number of imidazole rings is 1. The Kier molecular flexibility index (Phi) is 6.62. The van der Waals surface area contributed by atoms with Crippen LogP contribution in [-0.2, 0) is 20.7 Å². The van der Waals surface area contributed by atoms with Gasteiger partial charge in [0.05, 0.1) is 19.5 Å². The third-order valence-corrected chi connectivity index (χ3v) is 5.20. The van der Waals surface area contributed by atoms with Crippen LogP contribution in [0.1, 0.15) is 25.5 Å². The Bertz CT molecular complexity index is 578. The molecule has 0 aromatic carbocycles. The molecule has 0 bridgehead atoms. The molecule has 0 aliphatic carbocycles. The van der Waals surface area contributed by atoms with Crippen molar-refractivity contribution >= 4 is 11.8 Å². The van der Waals surface area contributed by atoms with Crippen LogP contribution in [0.15, 0.2) is 12.5 Å². The second kappa shape index (κ2) is 9.14. The van der Waals surface area contributed by atoms with Gasteiger partial charge in [0.2, 0.25) is 11.8 Å². The number of aromatic nitrogens is 2. The van der Waals surface area contributed by atoms with Crippen LogP contribution >= 0.6 is 0 Å². The number of ether oxygens (including phenoxy) is 1. The molecule has 0 spiro atoms. The fourth-order valence-corrected chi connectivity index (χ4v) is 3.77. The van der Waals surface area contributed by atoms with Crippen molar-refractivity contribution in [3.05, 3.63) is 18.2 Å². The molecule has 2 saturated heterocycles. The van der Waals surface area contributed by atoms with Gasteiger partial charge in [-0.25, -0.2) is 4.98 Å². The van der Waals surface area contributed by atoms with Gasteiger partial charge >= 0.3 is 0 Å². The van der Waals surface area contributed by atoms with E-state index in [9.17, 15) is 9.59 Å². The van der Waals surface area contributed by atoms with Crippen molar-refractivity contribution in [2.24, 2.45) is 5.92 Å². The Hall–Kier alpha value is -1.93. The highest BCUT2D eigenvalue weighted by Gasteiger charge is 2.30. The maximum Gasteiger partial charge on any atom is 0.245 e. The third kappa shape index (κ3) is 5.28. The molecule has 3 heterocycles. The summed E-state index contributed by atoms with van der Waals surface area (Å²) < 4.78 is 5.40. The SMILES string of the molecule is CC(=O)N[C@@H](Cc1cnc[nH]1)C(=O)N1CCC(CN2CCOCC2)CC1. The molecule has 0 saturated carbocycles. The summed E-state index contributed by atoms with van der Waals surface area (Å²) >= 11 is 0. The first-order valence-corrected chi connectivity index (χ1v) is 9.45. The lowest BCUT2D eigenvalue weighted by molar-refractivity contribution is -0.137. The fraction of sp³-hybridized carbons (Fsp3) is 0.722. The molecule has 144 valence electrons. The van der Waals surface area contributed by atoms with Crippen LogP contribution in [0.5, 0.6) is 0 Å². The monoisotopic (exact) mass is 363 g/mol. The quantitative estimate of drug-likeness (QED) is 0.744. The van der Waals surface area contributed by atoms with Gasteiger partial charge in [-0.15, -0.1) is 0 Å². The van der Waals surface area contributed by atoms with Crippen molar-refractivity contribution in [1.29, 1.82) is 0 Å². The number of likely N-dealkylation sites (tertiary alicyclic amines) is 1. The van der Waals surface area contributed by atoms with E-state index in [1.165, 1.54) is 6.92 Å². The van der Waals surface area contributed by atoms with Crippen molar-refractivity contribution in [1.82, 2.24) is 25.1 Å². The normalized spacial score (nSPS) is 20.7. The van der Waals surface area contributed by atoms with Gasteiger partial charge < -0.3 is 19.9 Å². The van der Waals surface area contributed by atoms with Crippen molar-refractivity contribution in [2.45, 2.75) is 32.2 Å². The number of morpholine rings is 1. The minimum Gasteiger partial charge on any atom is -0.379 e. The second-order valence-corrected chi connectivity index (χ2v) is 7.22. The first-order chi connectivity index (χ1) is 12.6. The van der Waals surface area contributed by atoms with Crippen molar-refractivity contribution in [3.8, 4) is 0 Å². The zero-order valence-corrected chi connectivity index (χ0v) is 15.4. The highest BCUT2D eigenvalue weighted by molar-refractivity contribution is 5.87. The third-order valence-electron chi connectivity index (χ3n) is 5.20. The standard InChI is InChI=1S/C18H29N5O3/c1-14(24)21-17(10-16-11-19-13-20-16)18(25)23-4-2-15(3-5-23)12-22-6-8-26-9-7-22/h11,13,15,17H,2-10,12H2,1H3,(H,19,20)(H,21,24)/t17-/m0/s1. The molecule has 2 aliphatic heterocycles. The molecule has 2 N–H and O–H groups in total. The van der Waals surface area contributed by atoms with Crippen LogP contribution in [-0.4, -0.2) is 83.6 Å². The maximum atomic E-state index is 12.9. The molecular weight excluding hydrogens is 334 g/mol. The van der Waals surface area contributed by atoms with Crippen LogP contribution in [0.3, 0.4) is 0 Å². The van der Waals surface area contributed by atoms with Crippen LogP contribution in [0.25, 0.3) is 0 Å². The first kappa shape index (κ1) is 18.8. The summed E-state index contributed by atoms with van der Waals surface area (Å²) in [7, 11) is 0. The van der Waals surface area contributed by atoms with Crippen molar-refractivity contribution in [3.63, 3.8) is 0 Å². The molecule has 1 aromatic heterocycles. The average molecular weight is 363 g/mol. The zero-order chi connectivity index (χ0) is 18.4. The van der Waals surface area contributed by atoms with E-state index in [0.29, 0.717) is 12.3 Å².